The largest absolute Gasteiger partial charge is 0.633 e. The summed E-state index contributed by atoms with van der Waals surface area (Å²) in [4.78, 5) is 21.6. The molecule has 2 aliphatic rings. The molecule has 1 aromatic heterocycles. The predicted octanol–water partition coefficient (Wildman–Crippen LogP) is 1.11. The number of cyclic esters (lactones) is 1. The molecule has 138 valence electrons. The molecular weight excluding hydrogens is 360 g/mol. The molecule has 25 heavy (non-hydrogen) atoms. The first-order chi connectivity index (χ1) is 11.5. The zero-order chi connectivity index (χ0) is 17.2. The molecule has 1 atom stereocenters. The highest BCUT2D eigenvalue weighted by atomic mass is 35.5. The molecule has 0 N–H and O–H groups in total. The van der Waals surface area contributed by atoms with E-state index in [9.17, 15) is 20.1 Å². The van der Waals surface area contributed by atoms with E-state index >= 15 is 0 Å². The van der Waals surface area contributed by atoms with Gasteiger partial charge in [0.05, 0.1) is 32.0 Å². The SMILES string of the molecule is Cl.O=C1OC(C[N+]2([O-])CCOCC2)CN1N=Cc1ccc([N+](=O)[O-])o1. The van der Waals surface area contributed by atoms with E-state index in [1.807, 2.05) is 0 Å². The lowest BCUT2D eigenvalue weighted by Gasteiger charge is -2.45. The number of hydrazone groups is 1. The molecule has 12 heteroatoms. The summed E-state index contributed by atoms with van der Waals surface area (Å²) in [7, 11) is 0. The molecule has 1 aromatic rings. The average molecular weight is 377 g/mol. The van der Waals surface area contributed by atoms with Gasteiger partial charge in [-0.25, -0.2) is 4.79 Å². The number of hydrogen-bond donors (Lipinski definition) is 0. The number of hydrogen-bond acceptors (Lipinski definition) is 8. The van der Waals surface area contributed by atoms with Crippen molar-refractivity contribution in [1.82, 2.24) is 5.01 Å². The van der Waals surface area contributed by atoms with Crippen molar-refractivity contribution in [2.75, 3.05) is 39.4 Å². The highest BCUT2D eigenvalue weighted by Crippen LogP contribution is 2.19. The van der Waals surface area contributed by atoms with Crippen LogP contribution in [0.3, 0.4) is 0 Å². The van der Waals surface area contributed by atoms with Crippen molar-refractivity contribution in [2.45, 2.75) is 6.10 Å². The minimum Gasteiger partial charge on any atom is -0.633 e. The van der Waals surface area contributed by atoms with Crippen LogP contribution in [0.4, 0.5) is 10.7 Å². The smallest absolute Gasteiger partial charge is 0.433 e. The van der Waals surface area contributed by atoms with Gasteiger partial charge in [0.15, 0.2) is 11.9 Å². The van der Waals surface area contributed by atoms with E-state index in [0.717, 1.165) is 5.01 Å². The van der Waals surface area contributed by atoms with Crippen LogP contribution >= 0.6 is 12.4 Å². The van der Waals surface area contributed by atoms with Crippen LogP contribution in [-0.2, 0) is 9.47 Å². The number of morpholine rings is 1. The van der Waals surface area contributed by atoms with Gasteiger partial charge in [-0.15, -0.1) is 12.4 Å². The third-order valence-corrected chi connectivity index (χ3v) is 3.79. The second-order valence-corrected chi connectivity index (χ2v) is 5.57. The number of rotatable bonds is 5. The van der Waals surface area contributed by atoms with Crippen LogP contribution in [0, 0.1) is 15.3 Å². The number of hydroxylamine groups is 3. The average Bonchev–Trinajstić information content (AvgIpc) is 3.12. The lowest BCUT2D eigenvalue weighted by molar-refractivity contribution is -0.891. The van der Waals surface area contributed by atoms with Crippen LogP contribution in [0.25, 0.3) is 0 Å². The summed E-state index contributed by atoms with van der Waals surface area (Å²) in [6, 6.07) is 2.56. The first-order valence-corrected chi connectivity index (χ1v) is 7.36. The lowest BCUT2D eigenvalue weighted by atomic mass is 10.3. The van der Waals surface area contributed by atoms with Crippen LogP contribution in [0.15, 0.2) is 21.7 Å². The number of furan rings is 1. The van der Waals surface area contributed by atoms with Gasteiger partial charge in [0.25, 0.3) is 0 Å². The van der Waals surface area contributed by atoms with Crippen molar-refractivity contribution in [2.24, 2.45) is 5.10 Å². The van der Waals surface area contributed by atoms with Gasteiger partial charge >= 0.3 is 12.0 Å². The molecule has 0 saturated carbocycles. The molecule has 1 unspecified atom stereocenters. The fourth-order valence-corrected chi connectivity index (χ4v) is 2.56. The van der Waals surface area contributed by atoms with Gasteiger partial charge < -0.3 is 23.7 Å². The molecule has 2 aliphatic heterocycles. The van der Waals surface area contributed by atoms with E-state index in [4.69, 9.17) is 13.9 Å². The topological polar surface area (TPSA) is 130 Å². The Hall–Kier alpha value is -2.21. The number of halogens is 1. The number of nitrogens with zero attached hydrogens (tertiary/aromatic N) is 4. The second kappa shape index (κ2) is 7.78. The minimum atomic E-state index is -0.670. The number of quaternary nitrogens is 1. The maximum atomic E-state index is 12.5. The number of ether oxygens (including phenoxy) is 2. The molecule has 1 amide bonds. The fourth-order valence-electron chi connectivity index (χ4n) is 2.56. The Morgan fingerprint density at radius 2 is 2.12 bits per heavy atom. The van der Waals surface area contributed by atoms with Crippen LogP contribution in [0.5, 0.6) is 0 Å². The molecule has 2 saturated heterocycles. The van der Waals surface area contributed by atoms with Gasteiger partial charge in [0, 0.05) is 0 Å². The summed E-state index contributed by atoms with van der Waals surface area (Å²) < 4.78 is 14.8. The van der Waals surface area contributed by atoms with E-state index in [2.05, 4.69) is 5.10 Å². The maximum absolute atomic E-state index is 12.5. The molecule has 2 fully saturated rings. The summed E-state index contributed by atoms with van der Waals surface area (Å²) in [5, 5.41) is 28.0. The van der Waals surface area contributed by atoms with E-state index in [1.165, 1.54) is 18.3 Å². The van der Waals surface area contributed by atoms with E-state index in [1.54, 1.807) is 0 Å². The number of carbonyl (C=O) groups excluding carboxylic acids is 1. The highest BCUT2D eigenvalue weighted by molar-refractivity contribution is 5.85. The Labute approximate surface area is 148 Å². The molecule has 3 rings (SSSR count). The zero-order valence-electron chi connectivity index (χ0n) is 13.1. The van der Waals surface area contributed by atoms with Gasteiger partial charge in [-0.05, 0) is 6.07 Å². The summed E-state index contributed by atoms with van der Waals surface area (Å²) in [5.41, 5.74) is 0. The van der Waals surface area contributed by atoms with Crippen molar-refractivity contribution in [3.63, 3.8) is 0 Å². The van der Waals surface area contributed by atoms with Crippen LogP contribution in [-0.4, -0.2) is 72.4 Å². The van der Waals surface area contributed by atoms with Crippen molar-refractivity contribution in [1.29, 1.82) is 0 Å². The monoisotopic (exact) mass is 376 g/mol. The summed E-state index contributed by atoms with van der Waals surface area (Å²) in [6.07, 6.45) is -0.0410. The first kappa shape index (κ1) is 19.1. The van der Waals surface area contributed by atoms with Crippen molar-refractivity contribution < 1.29 is 28.3 Å². The summed E-state index contributed by atoms with van der Waals surface area (Å²) in [6.45, 7) is 1.72. The lowest BCUT2D eigenvalue weighted by Crippen LogP contribution is -2.54. The fraction of sp³-hybridized carbons (Fsp3) is 0.538. The molecule has 11 nitrogen and oxygen atoms in total. The second-order valence-electron chi connectivity index (χ2n) is 5.57. The zero-order valence-corrected chi connectivity index (χ0v) is 13.9. The van der Waals surface area contributed by atoms with Crippen molar-refractivity contribution in [3.8, 4) is 0 Å². The Morgan fingerprint density at radius 3 is 2.76 bits per heavy atom. The maximum Gasteiger partial charge on any atom is 0.433 e. The Bertz CT molecular complexity index is 659. The van der Waals surface area contributed by atoms with Crippen molar-refractivity contribution >= 4 is 30.6 Å². The Balaban J connectivity index is 0.00000225. The van der Waals surface area contributed by atoms with E-state index < -0.39 is 27.7 Å². The first-order valence-electron chi connectivity index (χ1n) is 7.36. The standard InChI is InChI=1S/C13H16N4O7.ClH/c18-13-15(14-7-10-1-2-12(23-10)16(19)20)8-11(24-13)9-17(21)3-5-22-6-4-17;/h1-2,7,11H,3-6,8-9H2;1H. The van der Waals surface area contributed by atoms with Crippen LogP contribution < -0.4 is 0 Å². The molecule has 3 heterocycles. The summed E-state index contributed by atoms with van der Waals surface area (Å²) >= 11 is 0. The third kappa shape index (κ3) is 4.66. The van der Waals surface area contributed by atoms with Crippen molar-refractivity contribution in [3.05, 3.63) is 33.2 Å². The highest BCUT2D eigenvalue weighted by Gasteiger charge is 2.36. The van der Waals surface area contributed by atoms with Gasteiger partial charge in [-0.2, -0.15) is 10.1 Å². The number of amides is 1. The van der Waals surface area contributed by atoms with Crippen LogP contribution in [0.2, 0.25) is 0 Å². The quantitative estimate of drug-likeness (QED) is 0.247. The third-order valence-electron chi connectivity index (χ3n) is 3.79. The van der Waals surface area contributed by atoms with Gasteiger partial charge in [0.2, 0.25) is 0 Å². The minimum absolute atomic E-state index is 0. The molecular formula is C13H17ClN4O7. The van der Waals surface area contributed by atoms with Crippen LogP contribution in [0.1, 0.15) is 5.76 Å². The number of carbonyl (C=O) groups is 1. The molecule has 0 aromatic carbocycles. The molecule has 0 radical (unpaired) electrons. The van der Waals surface area contributed by atoms with Gasteiger partial charge in [-0.1, -0.05) is 0 Å². The van der Waals surface area contributed by atoms with Gasteiger partial charge in [-0.3, -0.25) is 10.1 Å². The molecule has 0 bridgehead atoms. The summed E-state index contributed by atoms with van der Waals surface area (Å²) in [5.74, 6) is -0.276. The molecule has 0 spiro atoms. The van der Waals surface area contributed by atoms with E-state index in [0.29, 0.717) is 26.3 Å². The normalized spacial score (nSPS) is 22.7. The Kier molecular flexibility index (Phi) is 5.95. The number of nitro groups is 1. The Morgan fingerprint density at radius 1 is 1.40 bits per heavy atom. The molecule has 0 aliphatic carbocycles. The van der Waals surface area contributed by atoms with E-state index in [-0.39, 0.29) is 31.3 Å². The predicted molar refractivity (Wildman–Crippen MR) is 86.2 cm³/mol. The van der Waals surface area contributed by atoms with Gasteiger partial charge in [0.1, 0.15) is 24.6 Å².